The first-order valence-corrected chi connectivity index (χ1v) is 17.4. The van der Waals surface area contributed by atoms with Crippen LogP contribution in [0.1, 0.15) is 62.8 Å². The Balaban J connectivity index is 1.93. The number of benzene rings is 2. The third-order valence-electron chi connectivity index (χ3n) is 8.18. The molecule has 5 atom stereocenters. The average Bonchev–Trinajstić information content (AvgIpc) is 2.98. The smallest absolute Gasteiger partial charge is 0.327 e. The molecule has 0 radical (unpaired) electrons. The van der Waals surface area contributed by atoms with E-state index in [9.17, 15) is 34.2 Å². The van der Waals surface area contributed by atoms with Crippen molar-refractivity contribution in [3.05, 3.63) is 64.7 Å². The summed E-state index contributed by atoms with van der Waals surface area (Å²) < 4.78 is -2.17. The molecule has 0 unspecified atom stereocenters. The van der Waals surface area contributed by atoms with Crippen LogP contribution in [0.3, 0.4) is 0 Å². The lowest BCUT2D eigenvalue weighted by Gasteiger charge is -2.38. The minimum absolute atomic E-state index is 0.0861. The lowest BCUT2D eigenvalue weighted by atomic mass is 9.86. The number of hydrogen-bond acceptors (Lipinski definition) is 9. The fraction of sp³-hybridized carbons (Fsp3) is 0.485. The van der Waals surface area contributed by atoms with Gasteiger partial charge in [0.15, 0.2) is 0 Å². The third-order valence-corrected chi connectivity index (χ3v) is 12.4. The molecular formula is C33H45N5O7S2. The van der Waals surface area contributed by atoms with Crippen molar-refractivity contribution in [3.8, 4) is 5.75 Å². The highest BCUT2D eigenvalue weighted by Crippen LogP contribution is 2.46. The maximum absolute atomic E-state index is 13.7. The Kier molecular flexibility index (Phi) is 12.4. The Labute approximate surface area is 283 Å². The van der Waals surface area contributed by atoms with E-state index in [2.05, 4.69) is 21.3 Å². The first-order chi connectivity index (χ1) is 21.8. The zero-order chi connectivity index (χ0) is 35.3. The third kappa shape index (κ3) is 9.64. The van der Waals surface area contributed by atoms with Crippen LogP contribution in [0.2, 0.25) is 0 Å². The van der Waals surface area contributed by atoms with Gasteiger partial charge in [0, 0.05) is 17.1 Å². The van der Waals surface area contributed by atoms with E-state index in [0.29, 0.717) is 0 Å². The molecule has 1 heterocycles. The molecule has 0 aromatic heterocycles. The molecule has 1 aliphatic heterocycles. The van der Waals surface area contributed by atoms with Gasteiger partial charge in [-0.1, -0.05) is 58.8 Å². The molecule has 1 saturated heterocycles. The number of hydrogen-bond donors (Lipinski definition) is 7. The monoisotopic (exact) mass is 687 g/mol. The number of aryl methyl sites for hydroxylation is 2. The van der Waals surface area contributed by atoms with Crippen molar-refractivity contribution in [2.45, 2.75) is 94.5 Å². The summed E-state index contributed by atoms with van der Waals surface area (Å²) in [6.45, 7) is 11.7. The molecule has 3 rings (SSSR count). The van der Waals surface area contributed by atoms with Crippen molar-refractivity contribution >= 4 is 51.2 Å². The Hall–Kier alpha value is -3.75. The van der Waals surface area contributed by atoms with Gasteiger partial charge in [0.2, 0.25) is 23.6 Å². The maximum Gasteiger partial charge on any atom is 0.327 e. The zero-order valence-corrected chi connectivity index (χ0v) is 29.3. The summed E-state index contributed by atoms with van der Waals surface area (Å²) in [6, 6.07) is 7.36. The number of aromatic hydroxyl groups is 1. The standard InChI is InChI=1S/C33H45N5O7S2/c1-17-13-21(39)14-18(2)24(17)19(3)25(34)29(42)37-26-30(43)35-16-23(40)36-22(15-20-11-9-8-10-12-20)28(41)38-27(31(44)45)33(6,7)47-46-32(26,4)5/h8-14,19,22,25-27,39H,15-16,34H2,1-7H3,(H,35,43)(H,36,40)(H,37,42)(H,38,41)(H,44,45)/t19-,22+,25+,26+,27+/m1/s1. The molecule has 0 spiro atoms. The number of carboxylic acids is 1. The minimum Gasteiger partial charge on any atom is -0.508 e. The first-order valence-electron chi connectivity index (χ1n) is 15.2. The van der Waals surface area contributed by atoms with Gasteiger partial charge >= 0.3 is 5.97 Å². The van der Waals surface area contributed by atoms with E-state index in [4.69, 9.17) is 5.73 Å². The number of aliphatic carboxylic acids is 1. The summed E-state index contributed by atoms with van der Waals surface area (Å²) in [5.41, 5.74) is 9.52. The van der Waals surface area contributed by atoms with E-state index in [1.54, 1.807) is 71.0 Å². The molecule has 1 fully saturated rings. The highest BCUT2D eigenvalue weighted by molar-refractivity contribution is 8.77. The molecule has 0 aliphatic carbocycles. The van der Waals surface area contributed by atoms with Crippen LogP contribution in [-0.4, -0.2) is 80.0 Å². The number of carbonyl (C=O) groups excluding carboxylic acids is 4. The van der Waals surface area contributed by atoms with Crippen molar-refractivity contribution in [1.82, 2.24) is 21.3 Å². The molecule has 0 saturated carbocycles. The molecular weight excluding hydrogens is 643 g/mol. The molecule has 47 heavy (non-hydrogen) atoms. The minimum atomic E-state index is -1.37. The summed E-state index contributed by atoms with van der Waals surface area (Å²) in [6.07, 6.45) is 0.0861. The zero-order valence-electron chi connectivity index (χ0n) is 27.7. The molecule has 1 aliphatic rings. The summed E-state index contributed by atoms with van der Waals surface area (Å²) in [5.74, 6) is -4.26. The number of carbonyl (C=O) groups is 5. The molecule has 4 amide bonds. The van der Waals surface area contributed by atoms with Crippen LogP contribution in [0, 0.1) is 13.8 Å². The van der Waals surface area contributed by atoms with E-state index >= 15 is 0 Å². The fourth-order valence-corrected chi connectivity index (χ4v) is 8.34. The van der Waals surface area contributed by atoms with Crippen LogP contribution < -0.4 is 27.0 Å². The van der Waals surface area contributed by atoms with Crippen LogP contribution >= 0.6 is 21.6 Å². The van der Waals surface area contributed by atoms with Gasteiger partial charge in [-0.25, -0.2) is 4.79 Å². The molecule has 12 nitrogen and oxygen atoms in total. The number of nitrogens with one attached hydrogen (secondary N) is 4. The second-order valence-corrected chi connectivity index (χ2v) is 16.4. The van der Waals surface area contributed by atoms with Crippen molar-refractivity contribution in [2.75, 3.05) is 6.54 Å². The molecule has 14 heteroatoms. The van der Waals surface area contributed by atoms with E-state index in [1.165, 1.54) is 10.8 Å². The first kappa shape index (κ1) is 37.7. The molecule has 2 aromatic carbocycles. The van der Waals surface area contributed by atoms with Crippen LogP contribution in [-0.2, 0) is 30.4 Å². The van der Waals surface area contributed by atoms with Gasteiger partial charge in [0.1, 0.15) is 23.9 Å². The Morgan fingerprint density at radius 2 is 1.55 bits per heavy atom. The molecule has 8 N–H and O–H groups in total. The molecule has 256 valence electrons. The summed E-state index contributed by atoms with van der Waals surface area (Å²) >= 11 is 0. The maximum atomic E-state index is 13.7. The van der Waals surface area contributed by atoms with Gasteiger partial charge < -0.3 is 37.2 Å². The summed E-state index contributed by atoms with van der Waals surface area (Å²) in [7, 11) is 2.33. The van der Waals surface area contributed by atoms with E-state index in [1.807, 2.05) is 19.9 Å². The number of carboxylic acid groups (broad SMARTS) is 1. The van der Waals surface area contributed by atoms with Crippen LogP contribution in [0.4, 0.5) is 0 Å². The highest BCUT2D eigenvalue weighted by atomic mass is 33.1. The van der Waals surface area contributed by atoms with Gasteiger partial charge in [-0.05, 0) is 75.9 Å². The highest BCUT2D eigenvalue weighted by Gasteiger charge is 2.44. The van der Waals surface area contributed by atoms with Crippen molar-refractivity contribution in [2.24, 2.45) is 5.73 Å². The second-order valence-electron chi connectivity index (χ2n) is 12.9. The fourth-order valence-electron chi connectivity index (χ4n) is 5.53. The predicted molar refractivity (Wildman–Crippen MR) is 184 cm³/mol. The number of amides is 4. The largest absolute Gasteiger partial charge is 0.508 e. The molecule has 2 aromatic rings. The van der Waals surface area contributed by atoms with Crippen molar-refractivity contribution in [1.29, 1.82) is 0 Å². The van der Waals surface area contributed by atoms with E-state index in [-0.39, 0.29) is 12.2 Å². The van der Waals surface area contributed by atoms with Gasteiger partial charge in [0.05, 0.1) is 17.3 Å². The quantitative estimate of drug-likeness (QED) is 0.212. The summed E-state index contributed by atoms with van der Waals surface area (Å²) in [4.78, 5) is 66.3. The van der Waals surface area contributed by atoms with E-state index in [0.717, 1.165) is 33.0 Å². The topological polar surface area (TPSA) is 200 Å². The van der Waals surface area contributed by atoms with Gasteiger partial charge in [-0.15, -0.1) is 0 Å². The normalized spacial score (nSPS) is 23.2. The summed E-state index contributed by atoms with van der Waals surface area (Å²) in [5, 5.41) is 30.7. The van der Waals surface area contributed by atoms with Crippen LogP contribution in [0.15, 0.2) is 42.5 Å². The van der Waals surface area contributed by atoms with Gasteiger partial charge in [-0.2, -0.15) is 0 Å². The molecule has 0 bridgehead atoms. The SMILES string of the molecule is Cc1cc(O)cc(C)c1[C@@H](C)[C@H](N)C(=O)N[C@H]1C(=O)NCC(=O)N[C@@H](Cc2ccccc2)C(=O)N[C@@H](C(=O)O)C(C)(C)SSC1(C)C. The number of nitrogens with two attached hydrogens (primary N) is 1. The Bertz CT molecular complexity index is 1480. The van der Waals surface area contributed by atoms with Crippen molar-refractivity contribution in [3.63, 3.8) is 0 Å². The lowest BCUT2D eigenvalue weighted by Crippen LogP contribution is -2.62. The van der Waals surface area contributed by atoms with Crippen LogP contribution in [0.25, 0.3) is 0 Å². The van der Waals surface area contributed by atoms with Crippen molar-refractivity contribution < 1.29 is 34.2 Å². The number of phenols is 1. The second kappa shape index (κ2) is 15.4. The Morgan fingerprint density at radius 3 is 2.13 bits per heavy atom. The van der Waals surface area contributed by atoms with E-state index < -0.39 is 75.7 Å². The predicted octanol–water partition coefficient (Wildman–Crippen LogP) is 2.29. The van der Waals surface area contributed by atoms with Crippen LogP contribution in [0.5, 0.6) is 5.75 Å². The average molecular weight is 688 g/mol. The number of phenolic OH excluding ortho intramolecular Hbond substituents is 1. The van der Waals surface area contributed by atoms with Gasteiger partial charge in [0.25, 0.3) is 0 Å². The van der Waals surface area contributed by atoms with Gasteiger partial charge in [-0.3, -0.25) is 19.2 Å². The number of rotatable bonds is 7. The lowest BCUT2D eigenvalue weighted by molar-refractivity contribution is -0.143. The Morgan fingerprint density at radius 1 is 0.979 bits per heavy atom.